The van der Waals surface area contributed by atoms with Crippen molar-refractivity contribution < 1.29 is 4.79 Å². The van der Waals surface area contributed by atoms with Crippen molar-refractivity contribution in [2.45, 2.75) is 0 Å². The Morgan fingerprint density at radius 3 is 2.89 bits per heavy atom. The van der Waals surface area contributed by atoms with E-state index in [9.17, 15) is 4.79 Å². The van der Waals surface area contributed by atoms with Crippen LogP contribution in [0.5, 0.6) is 0 Å². The summed E-state index contributed by atoms with van der Waals surface area (Å²) in [6, 6.07) is 7.77. The zero-order valence-corrected chi connectivity index (χ0v) is 10.7. The number of aromatic nitrogens is 2. The Morgan fingerprint density at radius 1 is 1.28 bits per heavy atom. The van der Waals surface area contributed by atoms with E-state index in [4.69, 9.17) is 5.73 Å². The Hall–Kier alpha value is -1.99. The minimum absolute atomic E-state index is 0.191. The number of amides is 1. The highest BCUT2D eigenvalue weighted by atomic mass is 32.1. The topological polar surface area (TPSA) is 80.9 Å². The lowest BCUT2D eigenvalue weighted by molar-refractivity contribution is 0.102. The minimum Gasteiger partial charge on any atom is -0.374 e. The number of hydrogen-bond acceptors (Lipinski definition) is 6. The van der Waals surface area contributed by atoms with Gasteiger partial charge in [-0.15, -0.1) is 21.5 Å². The molecule has 3 N–H and O–H groups in total. The van der Waals surface area contributed by atoms with Crippen molar-refractivity contribution in [1.82, 2.24) is 10.2 Å². The molecule has 5 nitrogen and oxygen atoms in total. The van der Waals surface area contributed by atoms with Crippen molar-refractivity contribution in [3.63, 3.8) is 0 Å². The van der Waals surface area contributed by atoms with E-state index in [1.54, 1.807) is 0 Å². The second-order valence-corrected chi connectivity index (χ2v) is 5.47. The van der Waals surface area contributed by atoms with Crippen LogP contribution in [-0.2, 0) is 0 Å². The summed E-state index contributed by atoms with van der Waals surface area (Å²) in [6.45, 7) is 0. The third-order valence-corrected chi connectivity index (χ3v) is 4.02. The summed E-state index contributed by atoms with van der Waals surface area (Å²) >= 11 is 2.69. The number of carbonyl (C=O) groups is 1. The van der Waals surface area contributed by atoms with Crippen LogP contribution in [0.25, 0.3) is 10.1 Å². The molecular weight excluding hydrogens is 268 g/mol. The van der Waals surface area contributed by atoms with Crippen molar-refractivity contribution in [2.75, 3.05) is 11.1 Å². The van der Waals surface area contributed by atoms with Crippen LogP contribution < -0.4 is 11.1 Å². The van der Waals surface area contributed by atoms with E-state index in [0.717, 1.165) is 21.4 Å². The summed E-state index contributed by atoms with van der Waals surface area (Å²) in [5.74, 6) is -0.191. The standard InChI is InChI=1S/C11H8N4OS2/c12-10-14-15-11(18-10)13-9(16)7-5-17-8-4-2-1-3-6(7)8/h1-5H,(H2,12,14)(H,13,15,16). The molecule has 0 bridgehead atoms. The molecule has 3 rings (SSSR count). The Balaban J connectivity index is 1.92. The number of carbonyl (C=O) groups excluding carboxylic acids is 1. The fraction of sp³-hybridized carbons (Fsp3) is 0. The first-order valence-electron chi connectivity index (χ1n) is 5.10. The van der Waals surface area contributed by atoms with Crippen LogP contribution in [0.3, 0.4) is 0 Å². The molecule has 0 aliphatic rings. The zero-order valence-electron chi connectivity index (χ0n) is 9.08. The summed E-state index contributed by atoms with van der Waals surface area (Å²) in [5, 5.41) is 13.6. The fourth-order valence-electron chi connectivity index (χ4n) is 1.60. The maximum absolute atomic E-state index is 12.1. The molecule has 0 radical (unpaired) electrons. The van der Waals surface area contributed by atoms with Gasteiger partial charge in [0.25, 0.3) is 5.91 Å². The van der Waals surface area contributed by atoms with Crippen LogP contribution >= 0.6 is 22.7 Å². The van der Waals surface area contributed by atoms with Crippen LogP contribution in [0, 0.1) is 0 Å². The van der Waals surface area contributed by atoms with E-state index in [0.29, 0.717) is 15.8 Å². The van der Waals surface area contributed by atoms with E-state index in [-0.39, 0.29) is 5.91 Å². The quantitative estimate of drug-likeness (QED) is 0.753. The number of rotatable bonds is 2. The number of hydrogen-bond donors (Lipinski definition) is 2. The molecule has 0 aliphatic heterocycles. The fourth-order valence-corrected chi connectivity index (χ4v) is 3.05. The van der Waals surface area contributed by atoms with E-state index in [1.165, 1.54) is 11.3 Å². The monoisotopic (exact) mass is 276 g/mol. The molecule has 18 heavy (non-hydrogen) atoms. The van der Waals surface area contributed by atoms with Crippen LogP contribution in [0.4, 0.5) is 10.3 Å². The van der Waals surface area contributed by atoms with Gasteiger partial charge in [-0.2, -0.15) is 0 Å². The minimum atomic E-state index is -0.191. The van der Waals surface area contributed by atoms with E-state index in [1.807, 2.05) is 29.6 Å². The molecule has 0 unspecified atom stereocenters. The lowest BCUT2D eigenvalue weighted by atomic mass is 10.2. The predicted molar refractivity (Wildman–Crippen MR) is 74.1 cm³/mol. The van der Waals surface area contributed by atoms with Crippen LogP contribution in [0.1, 0.15) is 10.4 Å². The molecule has 0 saturated carbocycles. The van der Waals surface area contributed by atoms with Crippen molar-refractivity contribution in [3.05, 3.63) is 35.2 Å². The molecule has 1 amide bonds. The molecule has 7 heteroatoms. The number of nitrogens with zero attached hydrogens (tertiary/aromatic N) is 2. The molecule has 0 aliphatic carbocycles. The van der Waals surface area contributed by atoms with Crippen molar-refractivity contribution in [1.29, 1.82) is 0 Å². The second kappa shape index (κ2) is 4.35. The normalized spacial score (nSPS) is 10.7. The molecule has 0 spiro atoms. The lowest BCUT2D eigenvalue weighted by Crippen LogP contribution is -2.10. The highest BCUT2D eigenvalue weighted by molar-refractivity contribution is 7.19. The number of nitrogen functional groups attached to an aromatic ring is 1. The van der Waals surface area contributed by atoms with Gasteiger partial charge in [0.15, 0.2) is 0 Å². The van der Waals surface area contributed by atoms with Gasteiger partial charge in [0, 0.05) is 15.5 Å². The number of anilines is 2. The van der Waals surface area contributed by atoms with Gasteiger partial charge >= 0.3 is 0 Å². The summed E-state index contributed by atoms with van der Waals surface area (Å²) in [6.07, 6.45) is 0. The third kappa shape index (κ3) is 1.93. The van der Waals surface area contributed by atoms with Gasteiger partial charge in [-0.25, -0.2) is 0 Å². The van der Waals surface area contributed by atoms with Gasteiger partial charge in [0.1, 0.15) is 0 Å². The number of benzene rings is 1. The number of nitrogens with two attached hydrogens (primary N) is 1. The first-order chi connectivity index (χ1) is 8.74. The summed E-state index contributed by atoms with van der Waals surface area (Å²) in [4.78, 5) is 12.1. The summed E-state index contributed by atoms with van der Waals surface area (Å²) in [5.41, 5.74) is 6.10. The number of thiophene rings is 1. The van der Waals surface area contributed by atoms with E-state index in [2.05, 4.69) is 15.5 Å². The Morgan fingerprint density at radius 2 is 2.11 bits per heavy atom. The molecule has 3 aromatic rings. The molecule has 0 saturated heterocycles. The molecular formula is C11H8N4OS2. The lowest BCUT2D eigenvalue weighted by Gasteiger charge is -1.99. The summed E-state index contributed by atoms with van der Waals surface area (Å²) < 4.78 is 1.08. The molecule has 2 heterocycles. The average Bonchev–Trinajstić information content (AvgIpc) is 2.95. The Kier molecular flexibility index (Phi) is 2.69. The van der Waals surface area contributed by atoms with Crippen LogP contribution in [-0.4, -0.2) is 16.1 Å². The summed E-state index contributed by atoms with van der Waals surface area (Å²) in [7, 11) is 0. The first-order valence-corrected chi connectivity index (χ1v) is 6.80. The van der Waals surface area contributed by atoms with Crippen LogP contribution in [0.15, 0.2) is 29.6 Å². The van der Waals surface area contributed by atoms with Crippen molar-refractivity contribution >= 4 is 48.9 Å². The number of nitrogens with one attached hydrogen (secondary N) is 1. The smallest absolute Gasteiger partial charge is 0.258 e. The van der Waals surface area contributed by atoms with Crippen LogP contribution in [0.2, 0.25) is 0 Å². The first kappa shape index (κ1) is 11.1. The molecule has 0 fully saturated rings. The maximum Gasteiger partial charge on any atom is 0.258 e. The Bertz CT molecular complexity index is 718. The average molecular weight is 276 g/mol. The molecule has 1 aromatic carbocycles. The molecule has 0 atom stereocenters. The zero-order chi connectivity index (χ0) is 12.5. The SMILES string of the molecule is Nc1nnc(NC(=O)c2csc3ccccc23)s1. The second-order valence-electron chi connectivity index (χ2n) is 3.55. The molecule has 90 valence electrons. The highest BCUT2D eigenvalue weighted by Crippen LogP contribution is 2.26. The maximum atomic E-state index is 12.1. The molecule has 2 aromatic heterocycles. The van der Waals surface area contributed by atoms with Crippen molar-refractivity contribution in [3.8, 4) is 0 Å². The van der Waals surface area contributed by atoms with Gasteiger partial charge in [-0.1, -0.05) is 29.5 Å². The largest absolute Gasteiger partial charge is 0.374 e. The predicted octanol–water partition coefficient (Wildman–Crippen LogP) is 2.59. The van der Waals surface area contributed by atoms with E-state index < -0.39 is 0 Å². The van der Waals surface area contributed by atoms with Gasteiger partial charge in [0.05, 0.1) is 5.56 Å². The van der Waals surface area contributed by atoms with Gasteiger partial charge in [-0.05, 0) is 6.07 Å². The highest BCUT2D eigenvalue weighted by Gasteiger charge is 2.13. The van der Waals surface area contributed by atoms with Gasteiger partial charge < -0.3 is 5.73 Å². The third-order valence-electron chi connectivity index (χ3n) is 2.39. The van der Waals surface area contributed by atoms with Gasteiger partial charge in [0.2, 0.25) is 10.3 Å². The van der Waals surface area contributed by atoms with E-state index >= 15 is 0 Å². The van der Waals surface area contributed by atoms with Gasteiger partial charge in [-0.3, -0.25) is 10.1 Å². The number of fused-ring (bicyclic) bond motifs is 1. The van der Waals surface area contributed by atoms with Crippen molar-refractivity contribution in [2.24, 2.45) is 0 Å². The Labute approximate surface area is 110 Å².